The number of aliphatic carboxylic acids is 1. The molecule has 4 nitrogen and oxygen atoms in total. The number of nitrogens with zero attached hydrogens (tertiary/aromatic N) is 2. The summed E-state index contributed by atoms with van der Waals surface area (Å²) in [5.74, 6) is -0.741. The van der Waals surface area contributed by atoms with E-state index >= 15 is 0 Å². The topological polar surface area (TPSA) is 43.8 Å². The van der Waals surface area contributed by atoms with Crippen LogP contribution < -0.4 is 4.90 Å². The summed E-state index contributed by atoms with van der Waals surface area (Å²) in [5.41, 5.74) is 2.38. The minimum Gasteiger partial charge on any atom is -0.481 e. The first kappa shape index (κ1) is 16.5. The van der Waals surface area contributed by atoms with E-state index in [9.17, 15) is 9.90 Å². The van der Waals surface area contributed by atoms with Crippen LogP contribution in [0.1, 0.15) is 18.9 Å². The quantitative estimate of drug-likeness (QED) is 0.917. The molecule has 1 heterocycles. The molecular weight excluding hydrogens is 300 g/mol. The molecule has 0 saturated carbocycles. The van der Waals surface area contributed by atoms with Gasteiger partial charge in [0.2, 0.25) is 0 Å². The van der Waals surface area contributed by atoms with Crippen LogP contribution in [0.3, 0.4) is 0 Å². The smallest absolute Gasteiger partial charge is 0.305 e. The molecule has 126 valence electrons. The summed E-state index contributed by atoms with van der Waals surface area (Å²) in [7, 11) is 0. The highest BCUT2D eigenvalue weighted by Gasteiger charge is 2.33. The molecule has 1 aliphatic rings. The number of carboxylic acid groups (broad SMARTS) is 1. The van der Waals surface area contributed by atoms with Gasteiger partial charge in [-0.25, -0.2) is 0 Å². The van der Waals surface area contributed by atoms with Crippen molar-refractivity contribution in [2.24, 2.45) is 0 Å². The van der Waals surface area contributed by atoms with Gasteiger partial charge in [0.25, 0.3) is 0 Å². The van der Waals surface area contributed by atoms with E-state index in [2.05, 4.69) is 41.0 Å². The molecule has 2 atom stereocenters. The van der Waals surface area contributed by atoms with E-state index in [0.29, 0.717) is 0 Å². The fourth-order valence-corrected chi connectivity index (χ4v) is 3.68. The highest BCUT2D eigenvalue weighted by atomic mass is 16.4. The Morgan fingerprint density at radius 1 is 1.04 bits per heavy atom. The van der Waals surface area contributed by atoms with E-state index in [1.54, 1.807) is 0 Å². The van der Waals surface area contributed by atoms with Crippen LogP contribution in [0.5, 0.6) is 0 Å². The molecule has 2 aromatic rings. The second-order valence-corrected chi connectivity index (χ2v) is 6.52. The van der Waals surface area contributed by atoms with E-state index in [1.165, 1.54) is 5.56 Å². The van der Waals surface area contributed by atoms with Crippen LogP contribution in [0.2, 0.25) is 0 Å². The van der Waals surface area contributed by atoms with Gasteiger partial charge in [0.15, 0.2) is 0 Å². The second kappa shape index (κ2) is 7.49. The molecule has 0 spiro atoms. The number of piperazine rings is 1. The van der Waals surface area contributed by atoms with Gasteiger partial charge in [0.05, 0.1) is 12.5 Å². The highest BCUT2D eigenvalue weighted by molar-refractivity contribution is 5.69. The number of rotatable bonds is 5. The Hall–Kier alpha value is -2.33. The van der Waals surface area contributed by atoms with Gasteiger partial charge in [0, 0.05) is 31.4 Å². The molecule has 2 aromatic carbocycles. The summed E-state index contributed by atoms with van der Waals surface area (Å²) in [6.07, 6.45) is 0.157. The molecule has 0 unspecified atom stereocenters. The molecule has 4 heteroatoms. The van der Waals surface area contributed by atoms with Gasteiger partial charge >= 0.3 is 5.97 Å². The largest absolute Gasteiger partial charge is 0.481 e. The minimum absolute atomic E-state index is 0.0163. The molecule has 0 aliphatic carbocycles. The molecule has 3 rings (SSSR count). The first-order valence-corrected chi connectivity index (χ1v) is 8.45. The summed E-state index contributed by atoms with van der Waals surface area (Å²) in [4.78, 5) is 16.0. The maximum atomic E-state index is 11.4. The third-order valence-electron chi connectivity index (χ3n) is 4.57. The zero-order chi connectivity index (χ0) is 16.9. The molecule has 1 fully saturated rings. The number of para-hydroxylation sites is 1. The zero-order valence-corrected chi connectivity index (χ0v) is 14.0. The molecule has 0 bridgehead atoms. The summed E-state index contributed by atoms with van der Waals surface area (Å²) in [6, 6.07) is 20.8. The molecule has 24 heavy (non-hydrogen) atoms. The molecule has 1 aliphatic heterocycles. The van der Waals surface area contributed by atoms with E-state index < -0.39 is 5.97 Å². The van der Waals surface area contributed by atoms with Crippen molar-refractivity contribution in [3.8, 4) is 0 Å². The van der Waals surface area contributed by atoms with Gasteiger partial charge in [-0.1, -0.05) is 48.5 Å². The Bertz CT molecular complexity index is 660. The molecule has 1 saturated heterocycles. The van der Waals surface area contributed by atoms with Gasteiger partial charge in [0.1, 0.15) is 0 Å². The van der Waals surface area contributed by atoms with Crippen LogP contribution in [-0.2, 0) is 11.3 Å². The Kier molecular flexibility index (Phi) is 5.16. The maximum Gasteiger partial charge on any atom is 0.305 e. The van der Waals surface area contributed by atoms with Gasteiger partial charge in [-0.3, -0.25) is 9.69 Å². The third kappa shape index (κ3) is 3.95. The number of hydrogen-bond acceptors (Lipinski definition) is 3. The first-order valence-electron chi connectivity index (χ1n) is 8.45. The lowest BCUT2D eigenvalue weighted by Crippen LogP contribution is -2.58. The SMILES string of the molecule is C[C@@H]1CN(Cc2ccccc2)C[C@@H](CC(=O)O)N1c1ccccc1. The monoisotopic (exact) mass is 324 g/mol. The Labute approximate surface area is 143 Å². The number of benzene rings is 2. The summed E-state index contributed by atoms with van der Waals surface area (Å²) >= 11 is 0. The van der Waals surface area contributed by atoms with E-state index in [0.717, 1.165) is 25.3 Å². The van der Waals surface area contributed by atoms with E-state index in [4.69, 9.17) is 0 Å². The number of carboxylic acids is 1. The number of hydrogen-bond donors (Lipinski definition) is 1. The normalized spacial score (nSPS) is 21.6. The van der Waals surface area contributed by atoms with Crippen molar-refractivity contribution in [2.45, 2.75) is 32.0 Å². The molecular formula is C20H24N2O2. The highest BCUT2D eigenvalue weighted by Crippen LogP contribution is 2.27. The molecule has 0 aromatic heterocycles. The Balaban J connectivity index is 1.79. The van der Waals surface area contributed by atoms with Gasteiger partial charge in [-0.2, -0.15) is 0 Å². The average molecular weight is 324 g/mol. The van der Waals surface area contributed by atoms with E-state index in [1.807, 2.05) is 36.4 Å². The summed E-state index contributed by atoms with van der Waals surface area (Å²) in [6.45, 7) is 4.74. The predicted molar refractivity (Wildman–Crippen MR) is 96.1 cm³/mol. The third-order valence-corrected chi connectivity index (χ3v) is 4.57. The van der Waals surface area contributed by atoms with Crippen LogP contribution in [0.25, 0.3) is 0 Å². The van der Waals surface area contributed by atoms with Crippen molar-refractivity contribution in [2.75, 3.05) is 18.0 Å². The van der Waals surface area contributed by atoms with Crippen LogP contribution in [0, 0.1) is 0 Å². The number of anilines is 1. The first-order chi connectivity index (χ1) is 11.6. The molecule has 0 radical (unpaired) electrons. The lowest BCUT2D eigenvalue weighted by molar-refractivity contribution is -0.137. The van der Waals surface area contributed by atoms with Gasteiger partial charge in [-0.15, -0.1) is 0 Å². The van der Waals surface area contributed by atoms with E-state index in [-0.39, 0.29) is 18.5 Å². The van der Waals surface area contributed by atoms with Gasteiger partial charge in [-0.05, 0) is 24.6 Å². The van der Waals surface area contributed by atoms with Crippen LogP contribution in [-0.4, -0.2) is 41.1 Å². The Morgan fingerprint density at radius 3 is 2.29 bits per heavy atom. The fourth-order valence-electron chi connectivity index (χ4n) is 3.68. The van der Waals surface area contributed by atoms with Crippen molar-refractivity contribution >= 4 is 11.7 Å². The maximum absolute atomic E-state index is 11.4. The average Bonchev–Trinajstić information content (AvgIpc) is 2.56. The van der Waals surface area contributed by atoms with Crippen molar-refractivity contribution < 1.29 is 9.90 Å². The number of carbonyl (C=O) groups is 1. The lowest BCUT2D eigenvalue weighted by Gasteiger charge is -2.47. The van der Waals surface area contributed by atoms with Crippen molar-refractivity contribution in [1.29, 1.82) is 0 Å². The minimum atomic E-state index is -0.741. The molecule has 0 amide bonds. The van der Waals surface area contributed by atoms with Crippen LogP contribution in [0.4, 0.5) is 5.69 Å². The zero-order valence-electron chi connectivity index (χ0n) is 14.0. The summed E-state index contributed by atoms with van der Waals surface area (Å²) < 4.78 is 0. The van der Waals surface area contributed by atoms with Crippen molar-refractivity contribution in [3.05, 3.63) is 66.2 Å². The van der Waals surface area contributed by atoms with Crippen molar-refractivity contribution in [1.82, 2.24) is 4.90 Å². The van der Waals surface area contributed by atoms with Crippen LogP contribution in [0.15, 0.2) is 60.7 Å². The predicted octanol–water partition coefficient (Wildman–Crippen LogP) is 3.24. The standard InChI is InChI=1S/C20H24N2O2/c1-16-13-21(14-17-8-4-2-5-9-17)15-19(12-20(23)24)22(16)18-10-6-3-7-11-18/h2-11,16,19H,12-15H2,1H3,(H,23,24)/t16-,19-/m1/s1. The van der Waals surface area contributed by atoms with Crippen molar-refractivity contribution in [3.63, 3.8) is 0 Å². The second-order valence-electron chi connectivity index (χ2n) is 6.52. The fraction of sp³-hybridized carbons (Fsp3) is 0.350. The van der Waals surface area contributed by atoms with Gasteiger partial charge < -0.3 is 10.0 Å². The van der Waals surface area contributed by atoms with Crippen LogP contribution >= 0.6 is 0 Å². The Morgan fingerprint density at radius 2 is 1.67 bits per heavy atom. The molecule has 1 N–H and O–H groups in total. The lowest BCUT2D eigenvalue weighted by atomic mass is 10.0. The summed E-state index contributed by atoms with van der Waals surface area (Å²) in [5, 5.41) is 9.35.